The number of hydrogen-bond donors (Lipinski definition) is 1. The number of para-hydroxylation sites is 1. The molecule has 2 aromatic carbocycles. The third kappa shape index (κ3) is 2.73. The summed E-state index contributed by atoms with van der Waals surface area (Å²) in [5.41, 5.74) is 6.36. The van der Waals surface area contributed by atoms with Gasteiger partial charge in [-0.3, -0.25) is 0 Å². The van der Waals surface area contributed by atoms with Crippen molar-refractivity contribution in [2.45, 2.75) is 20.3 Å². The van der Waals surface area contributed by atoms with Crippen LogP contribution in [0.1, 0.15) is 18.1 Å². The van der Waals surface area contributed by atoms with Crippen LogP contribution in [0.15, 0.2) is 42.5 Å². The van der Waals surface area contributed by atoms with E-state index < -0.39 is 0 Å². The van der Waals surface area contributed by atoms with E-state index in [-0.39, 0.29) is 0 Å². The van der Waals surface area contributed by atoms with E-state index in [2.05, 4.69) is 73.6 Å². The summed E-state index contributed by atoms with van der Waals surface area (Å²) in [6.45, 7) is 4.38. The van der Waals surface area contributed by atoms with Gasteiger partial charge in [-0.2, -0.15) is 0 Å². The molecule has 0 fully saturated rings. The topological polar surface area (TPSA) is 15.3 Å². The first kappa shape index (κ1) is 13.5. The molecule has 0 bridgehead atoms. The maximum Gasteiger partial charge on any atom is 0.0470 e. The highest BCUT2D eigenvalue weighted by Gasteiger charge is 2.11. The Labute approximate surface area is 116 Å². The van der Waals surface area contributed by atoms with Crippen LogP contribution in [0.5, 0.6) is 0 Å². The first-order valence-corrected chi connectivity index (χ1v) is 6.77. The third-order valence-corrected chi connectivity index (χ3v) is 3.56. The highest BCUT2D eigenvalue weighted by molar-refractivity contribution is 5.71. The van der Waals surface area contributed by atoms with Gasteiger partial charge < -0.3 is 10.2 Å². The molecule has 0 saturated carbocycles. The van der Waals surface area contributed by atoms with Crippen molar-refractivity contribution in [3.05, 3.63) is 53.6 Å². The van der Waals surface area contributed by atoms with Gasteiger partial charge in [-0.05, 0) is 42.7 Å². The number of nitrogens with zero attached hydrogens (tertiary/aromatic N) is 1. The molecule has 0 radical (unpaired) electrons. The lowest BCUT2D eigenvalue weighted by Crippen LogP contribution is -2.13. The summed E-state index contributed by atoms with van der Waals surface area (Å²) in [4.78, 5) is 2.27. The van der Waals surface area contributed by atoms with Crippen LogP contribution in [-0.4, -0.2) is 14.1 Å². The second kappa shape index (κ2) is 5.79. The monoisotopic (exact) mass is 254 g/mol. The van der Waals surface area contributed by atoms with Crippen molar-refractivity contribution in [1.29, 1.82) is 0 Å². The Hall–Kier alpha value is -1.96. The molecule has 0 aliphatic rings. The molecule has 0 amide bonds. The van der Waals surface area contributed by atoms with E-state index in [0.29, 0.717) is 0 Å². The average Bonchev–Trinajstić information content (AvgIpc) is 2.46. The number of anilines is 3. The number of hydrogen-bond acceptors (Lipinski definition) is 2. The van der Waals surface area contributed by atoms with Crippen LogP contribution in [0.2, 0.25) is 0 Å². The van der Waals surface area contributed by atoms with Gasteiger partial charge in [-0.15, -0.1) is 0 Å². The number of aryl methyl sites for hydroxylation is 2. The Morgan fingerprint density at radius 3 is 2.53 bits per heavy atom. The fourth-order valence-electron chi connectivity index (χ4n) is 2.48. The van der Waals surface area contributed by atoms with E-state index in [1.165, 1.54) is 22.5 Å². The van der Waals surface area contributed by atoms with Crippen LogP contribution in [-0.2, 0) is 6.42 Å². The largest absolute Gasteiger partial charge is 0.388 e. The molecule has 2 rings (SSSR count). The Kier molecular flexibility index (Phi) is 4.10. The smallest absolute Gasteiger partial charge is 0.0470 e. The molecule has 0 aromatic heterocycles. The number of nitrogens with one attached hydrogen (secondary N) is 1. The summed E-state index contributed by atoms with van der Waals surface area (Å²) < 4.78 is 0. The molecule has 19 heavy (non-hydrogen) atoms. The van der Waals surface area contributed by atoms with Crippen molar-refractivity contribution < 1.29 is 0 Å². The molecule has 0 aliphatic heterocycles. The Balaban J connectivity index is 2.46. The normalized spacial score (nSPS) is 10.3. The van der Waals surface area contributed by atoms with Gasteiger partial charge in [0, 0.05) is 31.2 Å². The average molecular weight is 254 g/mol. The second-order valence-corrected chi connectivity index (χ2v) is 4.80. The van der Waals surface area contributed by atoms with Crippen LogP contribution < -0.4 is 10.2 Å². The standard InChI is InChI=1S/C17H22N2/c1-5-14-9-6-8-13(2)17(14)19(4)16-11-7-10-15(12-16)18-3/h6-12,18H,5H2,1-4H3. The van der Waals surface area contributed by atoms with Crippen LogP contribution in [0.3, 0.4) is 0 Å². The molecule has 0 saturated heterocycles. The van der Waals surface area contributed by atoms with E-state index >= 15 is 0 Å². The highest BCUT2D eigenvalue weighted by Crippen LogP contribution is 2.31. The lowest BCUT2D eigenvalue weighted by atomic mass is 10.0. The fraction of sp³-hybridized carbons (Fsp3) is 0.294. The van der Waals surface area contributed by atoms with E-state index in [0.717, 1.165) is 12.1 Å². The predicted molar refractivity (Wildman–Crippen MR) is 84.6 cm³/mol. The summed E-state index contributed by atoms with van der Waals surface area (Å²) in [5, 5.41) is 3.19. The van der Waals surface area contributed by atoms with Crippen LogP contribution in [0.4, 0.5) is 17.1 Å². The lowest BCUT2D eigenvalue weighted by molar-refractivity contribution is 1.08. The zero-order valence-corrected chi connectivity index (χ0v) is 12.2. The van der Waals surface area contributed by atoms with Gasteiger partial charge in [-0.25, -0.2) is 0 Å². The predicted octanol–water partition coefficient (Wildman–Crippen LogP) is 4.37. The summed E-state index contributed by atoms with van der Waals surface area (Å²) >= 11 is 0. The van der Waals surface area contributed by atoms with E-state index in [1.807, 2.05) is 7.05 Å². The second-order valence-electron chi connectivity index (χ2n) is 4.80. The SMILES string of the molecule is CCc1cccc(C)c1N(C)c1cccc(NC)c1. The molecule has 1 N–H and O–H groups in total. The van der Waals surface area contributed by atoms with Gasteiger partial charge in [0.15, 0.2) is 0 Å². The number of benzene rings is 2. The van der Waals surface area contributed by atoms with E-state index in [1.54, 1.807) is 0 Å². The van der Waals surface area contributed by atoms with Crippen molar-refractivity contribution in [3.8, 4) is 0 Å². The van der Waals surface area contributed by atoms with Crippen LogP contribution in [0, 0.1) is 6.92 Å². The Morgan fingerprint density at radius 1 is 1.11 bits per heavy atom. The number of rotatable bonds is 4. The van der Waals surface area contributed by atoms with Crippen molar-refractivity contribution in [2.24, 2.45) is 0 Å². The van der Waals surface area contributed by atoms with Gasteiger partial charge in [0.25, 0.3) is 0 Å². The molecule has 0 aliphatic carbocycles. The first-order valence-electron chi connectivity index (χ1n) is 6.77. The van der Waals surface area contributed by atoms with Gasteiger partial charge in [0.2, 0.25) is 0 Å². The molecule has 0 atom stereocenters. The maximum atomic E-state index is 3.19. The zero-order valence-electron chi connectivity index (χ0n) is 12.2. The molecule has 2 aromatic rings. The molecular formula is C17H22N2. The van der Waals surface area contributed by atoms with Gasteiger partial charge in [0.05, 0.1) is 0 Å². The van der Waals surface area contributed by atoms with Crippen molar-refractivity contribution >= 4 is 17.1 Å². The Morgan fingerprint density at radius 2 is 1.84 bits per heavy atom. The van der Waals surface area contributed by atoms with Crippen LogP contribution >= 0.6 is 0 Å². The van der Waals surface area contributed by atoms with Crippen molar-refractivity contribution in [3.63, 3.8) is 0 Å². The highest BCUT2D eigenvalue weighted by atomic mass is 15.1. The minimum absolute atomic E-state index is 1.05. The lowest BCUT2D eigenvalue weighted by Gasteiger charge is -2.25. The molecule has 100 valence electrons. The molecule has 0 spiro atoms. The van der Waals surface area contributed by atoms with Crippen LogP contribution in [0.25, 0.3) is 0 Å². The molecule has 0 unspecified atom stereocenters. The van der Waals surface area contributed by atoms with Gasteiger partial charge in [-0.1, -0.05) is 31.2 Å². The van der Waals surface area contributed by atoms with Gasteiger partial charge >= 0.3 is 0 Å². The summed E-state index contributed by atoms with van der Waals surface area (Å²) in [6.07, 6.45) is 1.05. The minimum Gasteiger partial charge on any atom is -0.388 e. The zero-order chi connectivity index (χ0) is 13.8. The summed E-state index contributed by atoms with van der Waals surface area (Å²) in [7, 11) is 4.08. The fourth-order valence-corrected chi connectivity index (χ4v) is 2.48. The quantitative estimate of drug-likeness (QED) is 0.871. The maximum absolute atomic E-state index is 3.19. The molecule has 2 heteroatoms. The molecular weight excluding hydrogens is 232 g/mol. The van der Waals surface area contributed by atoms with E-state index in [9.17, 15) is 0 Å². The molecule has 0 heterocycles. The van der Waals surface area contributed by atoms with Crippen molar-refractivity contribution in [2.75, 3.05) is 24.3 Å². The van der Waals surface area contributed by atoms with E-state index in [4.69, 9.17) is 0 Å². The Bertz CT molecular complexity index is 561. The summed E-state index contributed by atoms with van der Waals surface area (Å²) in [6, 6.07) is 15.0. The third-order valence-electron chi connectivity index (χ3n) is 3.56. The summed E-state index contributed by atoms with van der Waals surface area (Å²) in [5.74, 6) is 0. The molecule has 2 nitrogen and oxygen atoms in total. The van der Waals surface area contributed by atoms with Gasteiger partial charge in [0.1, 0.15) is 0 Å². The van der Waals surface area contributed by atoms with Crippen molar-refractivity contribution in [1.82, 2.24) is 0 Å². The first-order chi connectivity index (χ1) is 9.17. The minimum atomic E-state index is 1.05.